The Balaban J connectivity index is 3.06. The first-order valence-corrected chi connectivity index (χ1v) is 3.74. The van der Waals surface area contributed by atoms with Gasteiger partial charge in [0.2, 0.25) is 0 Å². The Morgan fingerprint density at radius 1 is 1.43 bits per heavy atom. The number of phenols is 1. The smallest absolute Gasteiger partial charge is 0.310 e. The summed E-state index contributed by atoms with van der Waals surface area (Å²) in [4.78, 5) is 19.6. The number of aromatic hydroxyl groups is 1. The van der Waals surface area contributed by atoms with Crippen LogP contribution in [0.15, 0.2) is 24.3 Å². The predicted molar refractivity (Wildman–Crippen MR) is 49.9 cm³/mol. The van der Waals surface area contributed by atoms with Crippen molar-refractivity contribution in [2.24, 2.45) is 0 Å². The van der Waals surface area contributed by atoms with Gasteiger partial charge in [-0.1, -0.05) is 6.08 Å². The molecule has 0 bridgehead atoms. The van der Waals surface area contributed by atoms with Gasteiger partial charge in [-0.2, -0.15) is 0 Å². The second kappa shape index (κ2) is 4.18. The SMILES string of the molecule is O=CC=Cc1ccc([N+](=O)[O-])c(O)c1. The average Bonchev–Trinajstić information content (AvgIpc) is 2.14. The maximum Gasteiger partial charge on any atom is 0.310 e. The van der Waals surface area contributed by atoms with Crippen molar-refractivity contribution in [2.75, 3.05) is 0 Å². The van der Waals surface area contributed by atoms with Gasteiger partial charge in [-0.3, -0.25) is 14.9 Å². The van der Waals surface area contributed by atoms with Crippen LogP contribution in [0.4, 0.5) is 5.69 Å². The van der Waals surface area contributed by atoms with E-state index in [1.807, 2.05) is 0 Å². The van der Waals surface area contributed by atoms with Gasteiger partial charge in [-0.15, -0.1) is 0 Å². The van der Waals surface area contributed by atoms with Crippen LogP contribution in [0.3, 0.4) is 0 Å². The minimum Gasteiger partial charge on any atom is -0.502 e. The van der Waals surface area contributed by atoms with Gasteiger partial charge in [0.1, 0.15) is 6.29 Å². The summed E-state index contributed by atoms with van der Waals surface area (Å²) >= 11 is 0. The molecule has 0 atom stereocenters. The Morgan fingerprint density at radius 3 is 2.64 bits per heavy atom. The molecule has 0 aliphatic rings. The number of allylic oxidation sites excluding steroid dienone is 1. The summed E-state index contributed by atoms with van der Waals surface area (Å²) in [7, 11) is 0. The molecule has 5 heteroatoms. The molecule has 1 aromatic carbocycles. The Kier molecular flexibility index (Phi) is 2.96. The van der Waals surface area contributed by atoms with Crippen LogP contribution in [-0.4, -0.2) is 16.3 Å². The van der Waals surface area contributed by atoms with Gasteiger partial charge in [-0.05, 0) is 23.8 Å². The molecule has 0 fully saturated rings. The molecule has 1 rings (SSSR count). The minimum atomic E-state index is -0.678. The van der Waals surface area contributed by atoms with Crippen molar-refractivity contribution in [1.29, 1.82) is 0 Å². The van der Waals surface area contributed by atoms with E-state index in [-0.39, 0.29) is 5.69 Å². The normalized spacial score (nSPS) is 10.3. The number of nitrogens with zero attached hydrogens (tertiary/aromatic N) is 1. The fraction of sp³-hybridized carbons (Fsp3) is 0. The molecule has 0 amide bonds. The Morgan fingerprint density at radius 2 is 2.14 bits per heavy atom. The number of carbonyl (C=O) groups is 1. The van der Waals surface area contributed by atoms with Gasteiger partial charge >= 0.3 is 5.69 Å². The van der Waals surface area contributed by atoms with Crippen LogP contribution in [-0.2, 0) is 4.79 Å². The maximum absolute atomic E-state index is 10.3. The third kappa shape index (κ3) is 2.16. The van der Waals surface area contributed by atoms with Crippen molar-refractivity contribution >= 4 is 18.0 Å². The van der Waals surface area contributed by atoms with E-state index in [9.17, 15) is 20.0 Å². The molecule has 0 aliphatic heterocycles. The molecule has 0 aliphatic carbocycles. The van der Waals surface area contributed by atoms with E-state index in [4.69, 9.17) is 0 Å². The zero-order valence-electron chi connectivity index (χ0n) is 7.08. The fourth-order valence-corrected chi connectivity index (χ4v) is 0.949. The lowest BCUT2D eigenvalue weighted by Gasteiger charge is -1.96. The first-order chi connectivity index (χ1) is 6.65. The number of aldehydes is 1. The van der Waals surface area contributed by atoms with E-state index in [1.165, 1.54) is 30.4 Å². The largest absolute Gasteiger partial charge is 0.502 e. The molecular formula is C9H7NO4. The number of hydrogen-bond acceptors (Lipinski definition) is 4. The molecule has 0 unspecified atom stereocenters. The molecular weight excluding hydrogens is 186 g/mol. The van der Waals surface area contributed by atoms with Gasteiger partial charge in [0.15, 0.2) is 5.75 Å². The van der Waals surface area contributed by atoms with Gasteiger partial charge < -0.3 is 5.11 Å². The van der Waals surface area contributed by atoms with Gasteiger partial charge in [0, 0.05) is 6.07 Å². The van der Waals surface area contributed by atoms with Crippen molar-refractivity contribution in [3.05, 3.63) is 40.0 Å². The average molecular weight is 193 g/mol. The summed E-state index contributed by atoms with van der Waals surface area (Å²) in [6.07, 6.45) is 3.26. The molecule has 14 heavy (non-hydrogen) atoms. The molecule has 1 N–H and O–H groups in total. The standard InChI is InChI=1S/C9H7NO4/c11-5-1-2-7-3-4-8(10(13)14)9(12)6-7/h1-6,12H. The summed E-state index contributed by atoms with van der Waals surface area (Å²) in [5, 5.41) is 19.5. The minimum absolute atomic E-state index is 0.353. The number of hydrogen-bond donors (Lipinski definition) is 1. The third-order valence-electron chi connectivity index (χ3n) is 1.56. The topological polar surface area (TPSA) is 80.4 Å². The lowest BCUT2D eigenvalue weighted by Crippen LogP contribution is -1.88. The number of rotatable bonds is 3. The highest BCUT2D eigenvalue weighted by atomic mass is 16.6. The van der Waals surface area contributed by atoms with E-state index in [0.717, 1.165) is 0 Å². The van der Waals surface area contributed by atoms with Crippen molar-refractivity contribution in [3.63, 3.8) is 0 Å². The Labute approximate surface area is 79.4 Å². The summed E-state index contributed by atoms with van der Waals surface area (Å²) in [5.41, 5.74) is 0.174. The van der Waals surface area contributed by atoms with Crippen molar-refractivity contribution < 1.29 is 14.8 Å². The van der Waals surface area contributed by atoms with E-state index in [2.05, 4.69) is 0 Å². The monoisotopic (exact) mass is 193 g/mol. The second-order valence-corrected chi connectivity index (χ2v) is 2.50. The Hall–Kier alpha value is -2.17. The van der Waals surface area contributed by atoms with Crippen molar-refractivity contribution in [1.82, 2.24) is 0 Å². The first kappa shape index (κ1) is 9.91. The molecule has 0 radical (unpaired) electrons. The van der Waals surface area contributed by atoms with Crippen LogP contribution in [0.2, 0.25) is 0 Å². The molecule has 0 heterocycles. The van der Waals surface area contributed by atoms with Crippen LogP contribution in [0.1, 0.15) is 5.56 Å². The number of carbonyl (C=O) groups excluding carboxylic acids is 1. The summed E-state index contributed by atoms with van der Waals surface area (Å²) in [6.45, 7) is 0. The van der Waals surface area contributed by atoms with E-state index in [0.29, 0.717) is 11.8 Å². The highest BCUT2D eigenvalue weighted by Gasteiger charge is 2.11. The molecule has 0 saturated carbocycles. The molecule has 1 aromatic rings. The summed E-state index contributed by atoms with van der Waals surface area (Å²) in [5.74, 6) is -0.414. The van der Waals surface area contributed by atoms with E-state index in [1.54, 1.807) is 0 Å². The lowest BCUT2D eigenvalue weighted by atomic mass is 10.2. The molecule has 5 nitrogen and oxygen atoms in total. The first-order valence-electron chi connectivity index (χ1n) is 3.74. The second-order valence-electron chi connectivity index (χ2n) is 2.50. The highest BCUT2D eigenvalue weighted by Crippen LogP contribution is 2.26. The number of phenolic OH excluding ortho intramolecular Hbond substituents is 1. The quantitative estimate of drug-likeness (QED) is 0.341. The van der Waals surface area contributed by atoms with Gasteiger partial charge in [0.25, 0.3) is 0 Å². The maximum atomic E-state index is 10.3. The van der Waals surface area contributed by atoms with Crippen molar-refractivity contribution in [2.45, 2.75) is 0 Å². The van der Waals surface area contributed by atoms with E-state index >= 15 is 0 Å². The molecule has 0 spiro atoms. The molecule has 72 valence electrons. The van der Waals surface area contributed by atoms with Crippen LogP contribution in [0.25, 0.3) is 6.08 Å². The zero-order chi connectivity index (χ0) is 10.6. The molecule has 0 aromatic heterocycles. The lowest BCUT2D eigenvalue weighted by molar-refractivity contribution is -0.385. The summed E-state index contributed by atoms with van der Waals surface area (Å²) < 4.78 is 0. The number of nitro groups is 1. The summed E-state index contributed by atoms with van der Waals surface area (Å²) in [6, 6.07) is 3.84. The third-order valence-corrected chi connectivity index (χ3v) is 1.56. The van der Waals surface area contributed by atoms with Crippen LogP contribution in [0.5, 0.6) is 5.75 Å². The van der Waals surface area contributed by atoms with Crippen LogP contribution in [0, 0.1) is 10.1 Å². The highest BCUT2D eigenvalue weighted by molar-refractivity contribution is 5.74. The van der Waals surface area contributed by atoms with Gasteiger partial charge in [0.05, 0.1) is 4.92 Å². The number of benzene rings is 1. The fourth-order valence-electron chi connectivity index (χ4n) is 0.949. The van der Waals surface area contributed by atoms with Crippen molar-refractivity contribution in [3.8, 4) is 5.75 Å². The predicted octanol–water partition coefficient (Wildman–Crippen LogP) is 1.51. The van der Waals surface area contributed by atoms with Crippen LogP contribution < -0.4 is 0 Å². The Bertz CT molecular complexity index is 398. The van der Waals surface area contributed by atoms with Crippen LogP contribution >= 0.6 is 0 Å². The zero-order valence-corrected chi connectivity index (χ0v) is 7.08. The molecule has 0 saturated heterocycles. The van der Waals surface area contributed by atoms with Gasteiger partial charge in [-0.25, -0.2) is 0 Å². The van der Waals surface area contributed by atoms with E-state index < -0.39 is 10.7 Å². The number of nitro benzene ring substituents is 1.